The Morgan fingerprint density at radius 2 is 1.62 bits per heavy atom. The highest BCUT2D eigenvalue weighted by atomic mass is 35.5. The quantitative estimate of drug-likeness (QED) is 0.731. The standard InChI is InChI=1S/C10H15ClN2O6S2/c1-2-9(18-20(12,14)15)10(19-21(13,16)17)7-5-3-4-6-8(7)11/h3-6,9-10H,2H2,1H3,(H2,12,14,15)(H2,13,16,17)/t9-,10-/m0/s1. The van der Waals surface area contributed by atoms with Gasteiger partial charge in [-0.05, 0) is 12.5 Å². The lowest BCUT2D eigenvalue weighted by atomic mass is 10.0. The van der Waals surface area contributed by atoms with Crippen molar-refractivity contribution in [3.05, 3.63) is 34.9 Å². The molecule has 1 aromatic rings. The summed E-state index contributed by atoms with van der Waals surface area (Å²) < 4.78 is 53.9. The molecule has 0 fully saturated rings. The molecule has 0 aliphatic carbocycles. The third kappa shape index (κ3) is 6.26. The lowest BCUT2D eigenvalue weighted by molar-refractivity contribution is 0.0597. The fourth-order valence-electron chi connectivity index (χ4n) is 1.67. The van der Waals surface area contributed by atoms with Crippen molar-refractivity contribution >= 4 is 32.2 Å². The smallest absolute Gasteiger partial charge is 0.252 e. The lowest BCUT2D eigenvalue weighted by Crippen LogP contribution is -2.33. The van der Waals surface area contributed by atoms with E-state index in [1.165, 1.54) is 12.1 Å². The molecule has 11 heteroatoms. The fraction of sp³-hybridized carbons (Fsp3) is 0.400. The van der Waals surface area contributed by atoms with Gasteiger partial charge in [0.05, 0.1) is 0 Å². The van der Waals surface area contributed by atoms with Gasteiger partial charge in [-0.25, -0.2) is 14.5 Å². The maximum Gasteiger partial charge on any atom is 0.333 e. The second-order valence-corrected chi connectivity index (χ2v) is 6.83. The van der Waals surface area contributed by atoms with E-state index in [2.05, 4.69) is 4.18 Å². The summed E-state index contributed by atoms with van der Waals surface area (Å²) >= 11 is 5.97. The number of nitrogens with two attached hydrogens (primary N) is 2. The molecule has 0 unspecified atom stereocenters. The molecule has 0 aromatic heterocycles. The molecule has 0 aliphatic heterocycles. The number of halogens is 1. The summed E-state index contributed by atoms with van der Waals surface area (Å²) in [4.78, 5) is 0. The number of benzene rings is 1. The second kappa shape index (κ2) is 7.01. The summed E-state index contributed by atoms with van der Waals surface area (Å²) in [6, 6.07) is 6.14. The Morgan fingerprint density at radius 1 is 1.10 bits per heavy atom. The Hall–Kier alpha value is -0.750. The minimum absolute atomic E-state index is 0.0852. The van der Waals surface area contributed by atoms with E-state index in [0.717, 1.165) is 0 Å². The van der Waals surface area contributed by atoms with Gasteiger partial charge in [0, 0.05) is 10.6 Å². The van der Waals surface area contributed by atoms with Crippen molar-refractivity contribution in [2.75, 3.05) is 0 Å². The van der Waals surface area contributed by atoms with Crippen molar-refractivity contribution in [1.29, 1.82) is 0 Å². The van der Waals surface area contributed by atoms with Crippen LogP contribution in [0.1, 0.15) is 25.0 Å². The van der Waals surface area contributed by atoms with Gasteiger partial charge in [0.25, 0.3) is 0 Å². The van der Waals surface area contributed by atoms with Crippen LogP contribution in [0.5, 0.6) is 0 Å². The Morgan fingerprint density at radius 3 is 2.05 bits per heavy atom. The Labute approximate surface area is 128 Å². The van der Waals surface area contributed by atoms with E-state index >= 15 is 0 Å². The van der Waals surface area contributed by atoms with E-state index in [1.54, 1.807) is 19.1 Å². The summed E-state index contributed by atoms with van der Waals surface area (Å²) in [5.41, 5.74) is 0.212. The van der Waals surface area contributed by atoms with Crippen LogP contribution in [-0.2, 0) is 29.0 Å². The first kappa shape index (κ1) is 18.3. The van der Waals surface area contributed by atoms with Crippen molar-refractivity contribution in [3.63, 3.8) is 0 Å². The molecule has 0 amide bonds. The summed E-state index contributed by atoms with van der Waals surface area (Å²) in [5, 5.41) is 9.83. The van der Waals surface area contributed by atoms with E-state index in [-0.39, 0.29) is 17.0 Å². The van der Waals surface area contributed by atoms with Gasteiger partial charge >= 0.3 is 20.6 Å². The zero-order valence-corrected chi connectivity index (χ0v) is 13.4. The maximum absolute atomic E-state index is 11.2. The molecule has 2 atom stereocenters. The van der Waals surface area contributed by atoms with Crippen molar-refractivity contribution in [3.8, 4) is 0 Å². The molecular weight excluding hydrogens is 344 g/mol. The van der Waals surface area contributed by atoms with Crippen LogP contribution in [0.15, 0.2) is 24.3 Å². The van der Waals surface area contributed by atoms with Crippen molar-refractivity contribution in [1.82, 2.24) is 0 Å². The SMILES string of the molecule is CC[C@H](OS(N)(=O)=O)[C@@H](OS(N)(=O)=O)c1ccccc1Cl. The monoisotopic (exact) mass is 358 g/mol. The van der Waals surface area contributed by atoms with E-state index in [9.17, 15) is 16.8 Å². The van der Waals surface area contributed by atoms with Crippen molar-refractivity contribution < 1.29 is 25.2 Å². The zero-order chi connectivity index (χ0) is 16.3. The van der Waals surface area contributed by atoms with E-state index in [1.807, 2.05) is 0 Å². The second-order valence-electron chi connectivity index (χ2n) is 4.07. The number of hydrogen-bond acceptors (Lipinski definition) is 6. The summed E-state index contributed by atoms with van der Waals surface area (Å²) in [6.45, 7) is 1.56. The van der Waals surface area contributed by atoms with Gasteiger partial charge in [-0.15, -0.1) is 0 Å². The van der Waals surface area contributed by atoms with Gasteiger partial charge < -0.3 is 0 Å². The molecule has 0 heterocycles. The molecular formula is C10H15ClN2O6S2. The predicted octanol–water partition coefficient (Wildman–Crippen LogP) is 0.600. The summed E-state index contributed by atoms with van der Waals surface area (Å²) in [6.07, 6.45) is -2.47. The average Bonchev–Trinajstić information content (AvgIpc) is 2.32. The number of hydrogen-bond donors (Lipinski definition) is 2. The molecule has 0 saturated carbocycles. The van der Waals surface area contributed by atoms with Crippen LogP contribution in [0, 0.1) is 0 Å². The van der Waals surface area contributed by atoms with Crippen LogP contribution in [0.25, 0.3) is 0 Å². The minimum Gasteiger partial charge on any atom is -0.252 e. The molecule has 0 radical (unpaired) electrons. The zero-order valence-electron chi connectivity index (χ0n) is 11.0. The molecule has 8 nitrogen and oxygen atoms in total. The molecule has 21 heavy (non-hydrogen) atoms. The molecule has 1 aromatic carbocycles. The van der Waals surface area contributed by atoms with Gasteiger partial charge in [0.15, 0.2) is 0 Å². The Balaban J connectivity index is 3.27. The molecule has 0 bridgehead atoms. The topological polar surface area (TPSA) is 139 Å². The maximum atomic E-state index is 11.2. The highest BCUT2D eigenvalue weighted by Gasteiger charge is 2.32. The van der Waals surface area contributed by atoms with Gasteiger partial charge in [0.1, 0.15) is 12.2 Å². The van der Waals surface area contributed by atoms with Crippen LogP contribution in [0.3, 0.4) is 0 Å². The van der Waals surface area contributed by atoms with Gasteiger partial charge in [-0.3, -0.25) is 4.18 Å². The first-order chi connectivity index (χ1) is 9.53. The Kier molecular flexibility index (Phi) is 6.11. The minimum atomic E-state index is -4.37. The molecule has 1 rings (SSSR count). The predicted molar refractivity (Wildman–Crippen MR) is 76.7 cm³/mol. The van der Waals surface area contributed by atoms with Crippen LogP contribution >= 0.6 is 11.6 Å². The third-order valence-electron chi connectivity index (χ3n) is 2.45. The molecule has 4 N–H and O–H groups in total. The van der Waals surface area contributed by atoms with Gasteiger partial charge in [-0.2, -0.15) is 16.8 Å². The summed E-state index contributed by atoms with van der Waals surface area (Å²) in [7, 11) is -8.69. The van der Waals surface area contributed by atoms with Crippen molar-refractivity contribution in [2.24, 2.45) is 10.3 Å². The highest BCUT2D eigenvalue weighted by molar-refractivity contribution is 7.84. The first-order valence-corrected chi connectivity index (χ1v) is 9.02. The van der Waals surface area contributed by atoms with Crippen LogP contribution in [-0.4, -0.2) is 22.9 Å². The molecule has 0 spiro atoms. The van der Waals surface area contributed by atoms with Crippen LogP contribution in [0.2, 0.25) is 5.02 Å². The Bertz CT molecular complexity index is 691. The molecule has 120 valence electrons. The first-order valence-electron chi connectivity index (χ1n) is 5.70. The lowest BCUT2D eigenvalue weighted by Gasteiger charge is -2.25. The largest absolute Gasteiger partial charge is 0.333 e. The van der Waals surface area contributed by atoms with E-state index < -0.39 is 32.8 Å². The van der Waals surface area contributed by atoms with Gasteiger partial charge in [0.2, 0.25) is 0 Å². The fourth-order valence-corrected chi connectivity index (χ4v) is 3.01. The van der Waals surface area contributed by atoms with E-state index in [4.69, 9.17) is 26.1 Å². The molecule has 0 aliphatic rings. The van der Waals surface area contributed by atoms with Crippen molar-refractivity contribution in [2.45, 2.75) is 25.6 Å². The number of rotatable bonds is 7. The normalized spacial score (nSPS) is 15.6. The van der Waals surface area contributed by atoms with Gasteiger partial charge in [-0.1, -0.05) is 36.7 Å². The van der Waals surface area contributed by atoms with Crippen LogP contribution < -0.4 is 10.3 Å². The summed E-state index contributed by atoms with van der Waals surface area (Å²) in [5.74, 6) is 0. The average molecular weight is 359 g/mol. The molecule has 0 saturated heterocycles. The van der Waals surface area contributed by atoms with E-state index in [0.29, 0.717) is 0 Å². The van der Waals surface area contributed by atoms with Crippen LogP contribution in [0.4, 0.5) is 0 Å². The highest BCUT2D eigenvalue weighted by Crippen LogP contribution is 2.32. The third-order valence-corrected chi connectivity index (χ3v) is 3.78.